The summed E-state index contributed by atoms with van der Waals surface area (Å²) in [5.74, 6) is -5.91. The highest BCUT2D eigenvalue weighted by Gasteiger charge is 2.55. The number of hydrogen-bond donors (Lipinski definition) is 1. The lowest BCUT2D eigenvalue weighted by molar-refractivity contribution is -0.167. The molecule has 0 aromatic heterocycles. The van der Waals surface area contributed by atoms with Gasteiger partial charge in [0.15, 0.2) is 5.60 Å². The SMILES string of the molecule is CC(C)(O[P+](=O)O)C(=O)C(F)(F)C1CCCCC1. The van der Waals surface area contributed by atoms with Crippen molar-refractivity contribution < 1.29 is 27.6 Å². The molecule has 18 heavy (non-hydrogen) atoms. The van der Waals surface area contributed by atoms with Gasteiger partial charge in [0.1, 0.15) is 0 Å². The number of carbonyl (C=O) groups excluding carboxylic acids is 1. The molecule has 1 unspecified atom stereocenters. The van der Waals surface area contributed by atoms with E-state index < -0.39 is 31.5 Å². The van der Waals surface area contributed by atoms with Crippen LogP contribution >= 0.6 is 8.25 Å². The second-order valence-corrected chi connectivity index (χ2v) is 5.78. The van der Waals surface area contributed by atoms with Crippen LogP contribution in [0.5, 0.6) is 0 Å². The van der Waals surface area contributed by atoms with Crippen LogP contribution in [0, 0.1) is 5.92 Å². The molecule has 0 bridgehead atoms. The summed E-state index contributed by atoms with van der Waals surface area (Å²) in [6.07, 6.45) is 2.88. The van der Waals surface area contributed by atoms with Gasteiger partial charge >= 0.3 is 14.2 Å². The number of hydrogen-bond acceptors (Lipinski definition) is 3. The third-order valence-corrected chi connectivity index (χ3v) is 3.89. The van der Waals surface area contributed by atoms with Gasteiger partial charge in [-0.15, -0.1) is 9.42 Å². The fourth-order valence-electron chi connectivity index (χ4n) is 2.29. The van der Waals surface area contributed by atoms with Gasteiger partial charge in [-0.1, -0.05) is 19.3 Å². The molecule has 4 nitrogen and oxygen atoms in total. The van der Waals surface area contributed by atoms with E-state index in [1.807, 2.05) is 0 Å². The van der Waals surface area contributed by atoms with Crippen molar-refractivity contribution in [3.63, 3.8) is 0 Å². The second-order valence-electron chi connectivity index (χ2n) is 5.13. The molecule has 1 aliphatic carbocycles. The van der Waals surface area contributed by atoms with E-state index in [-0.39, 0.29) is 0 Å². The zero-order chi connectivity index (χ0) is 14.0. The van der Waals surface area contributed by atoms with Gasteiger partial charge in [-0.25, -0.2) is 0 Å². The van der Waals surface area contributed by atoms with E-state index in [1.165, 1.54) is 0 Å². The second kappa shape index (κ2) is 5.68. The Hall–Kier alpha value is -0.450. The van der Waals surface area contributed by atoms with Crippen LogP contribution in [0.15, 0.2) is 0 Å². The molecule has 1 atom stereocenters. The Labute approximate surface area is 106 Å². The number of halogens is 2. The van der Waals surface area contributed by atoms with Crippen LogP contribution in [-0.2, 0) is 13.9 Å². The molecule has 7 heteroatoms. The molecule has 1 N–H and O–H groups in total. The van der Waals surface area contributed by atoms with Crippen LogP contribution in [0.1, 0.15) is 46.0 Å². The molecule has 104 valence electrons. The van der Waals surface area contributed by atoms with Crippen molar-refractivity contribution in [1.82, 2.24) is 0 Å². The maximum atomic E-state index is 14.0. The van der Waals surface area contributed by atoms with Gasteiger partial charge in [-0.05, 0) is 26.7 Å². The first-order valence-corrected chi connectivity index (χ1v) is 7.09. The Kier molecular flexibility index (Phi) is 4.92. The minimum absolute atomic E-state index is 0.306. The van der Waals surface area contributed by atoms with E-state index in [0.717, 1.165) is 20.3 Å². The van der Waals surface area contributed by atoms with Crippen molar-refractivity contribution in [1.29, 1.82) is 0 Å². The van der Waals surface area contributed by atoms with Crippen LogP contribution in [0.2, 0.25) is 0 Å². The quantitative estimate of drug-likeness (QED) is 0.787. The first-order valence-electron chi connectivity index (χ1n) is 5.96. The Balaban J connectivity index is 2.82. The van der Waals surface area contributed by atoms with Gasteiger partial charge in [-0.3, -0.25) is 4.79 Å². The fraction of sp³-hybridized carbons (Fsp3) is 0.909. The molecule has 0 amide bonds. The lowest BCUT2D eigenvalue weighted by Crippen LogP contribution is -2.49. The number of alkyl halides is 2. The summed E-state index contributed by atoms with van der Waals surface area (Å²) in [6, 6.07) is 0. The number of Topliss-reactive ketones (excluding diaryl/α,β-unsaturated/α-hetero) is 1. The lowest BCUT2D eigenvalue weighted by Gasteiger charge is -2.31. The van der Waals surface area contributed by atoms with E-state index in [2.05, 4.69) is 4.52 Å². The summed E-state index contributed by atoms with van der Waals surface area (Å²) in [6.45, 7) is 2.19. The van der Waals surface area contributed by atoms with Crippen LogP contribution in [0.3, 0.4) is 0 Å². The average molecular weight is 283 g/mol. The predicted octanol–water partition coefficient (Wildman–Crippen LogP) is 3.22. The minimum Gasteiger partial charge on any atom is -0.289 e. The first-order chi connectivity index (χ1) is 8.18. The monoisotopic (exact) mass is 283 g/mol. The zero-order valence-corrected chi connectivity index (χ0v) is 11.4. The van der Waals surface area contributed by atoms with Gasteiger partial charge in [-0.2, -0.15) is 8.78 Å². The molecule has 0 heterocycles. The zero-order valence-electron chi connectivity index (χ0n) is 10.5. The van der Waals surface area contributed by atoms with Gasteiger partial charge < -0.3 is 0 Å². The van der Waals surface area contributed by atoms with E-state index in [4.69, 9.17) is 4.89 Å². The maximum absolute atomic E-state index is 14.0. The van der Waals surface area contributed by atoms with Crippen LogP contribution in [0.25, 0.3) is 0 Å². The summed E-state index contributed by atoms with van der Waals surface area (Å²) in [5, 5.41) is 0. The van der Waals surface area contributed by atoms with Crippen LogP contribution < -0.4 is 0 Å². The smallest absolute Gasteiger partial charge is 0.289 e. The average Bonchev–Trinajstić information content (AvgIpc) is 2.27. The summed E-state index contributed by atoms with van der Waals surface area (Å²) < 4.78 is 43.0. The molecule has 0 radical (unpaired) electrons. The van der Waals surface area contributed by atoms with Crippen molar-refractivity contribution in [2.75, 3.05) is 0 Å². The maximum Gasteiger partial charge on any atom is 0.695 e. The molecule has 0 saturated heterocycles. The van der Waals surface area contributed by atoms with Crippen LogP contribution in [-0.4, -0.2) is 22.2 Å². The third kappa shape index (κ3) is 3.53. The van der Waals surface area contributed by atoms with Crippen molar-refractivity contribution in [2.45, 2.75) is 57.5 Å². The Morgan fingerprint density at radius 2 is 1.78 bits per heavy atom. The normalized spacial score (nSPS) is 19.7. The van der Waals surface area contributed by atoms with Gasteiger partial charge in [0.2, 0.25) is 5.78 Å². The molecule has 1 fully saturated rings. The van der Waals surface area contributed by atoms with E-state index >= 15 is 0 Å². The molecular weight excluding hydrogens is 265 g/mol. The Morgan fingerprint density at radius 1 is 1.28 bits per heavy atom. The largest absolute Gasteiger partial charge is 0.695 e. The first kappa shape index (κ1) is 15.6. The molecule has 0 spiro atoms. The highest BCUT2D eigenvalue weighted by atomic mass is 31.1. The third-order valence-electron chi connectivity index (χ3n) is 3.27. The molecular formula is C11H18F2O4P+. The van der Waals surface area contributed by atoms with Gasteiger partial charge in [0, 0.05) is 10.5 Å². The van der Waals surface area contributed by atoms with Crippen molar-refractivity contribution >= 4 is 14.0 Å². The molecule has 1 aliphatic rings. The van der Waals surface area contributed by atoms with Crippen molar-refractivity contribution in [3.8, 4) is 0 Å². The van der Waals surface area contributed by atoms with Gasteiger partial charge in [0.25, 0.3) is 0 Å². The summed E-state index contributed by atoms with van der Waals surface area (Å²) in [7, 11) is -3.09. The number of rotatable bonds is 5. The Bertz CT molecular complexity index is 338. The molecule has 0 aliphatic heterocycles. The molecule has 1 rings (SSSR count). The topological polar surface area (TPSA) is 63.6 Å². The summed E-state index contributed by atoms with van der Waals surface area (Å²) in [5.41, 5.74) is -1.96. The molecule has 0 aromatic carbocycles. The number of carbonyl (C=O) groups is 1. The van der Waals surface area contributed by atoms with Crippen molar-refractivity contribution in [3.05, 3.63) is 0 Å². The minimum atomic E-state index is -3.50. The van der Waals surface area contributed by atoms with Crippen LogP contribution in [0.4, 0.5) is 8.78 Å². The highest BCUT2D eigenvalue weighted by molar-refractivity contribution is 7.32. The fourth-order valence-corrected chi connectivity index (χ4v) is 2.76. The highest BCUT2D eigenvalue weighted by Crippen LogP contribution is 2.41. The summed E-state index contributed by atoms with van der Waals surface area (Å²) >= 11 is 0. The standard InChI is InChI=1S/C11H17F2O4P/c1-10(2,17-18(15)16)9(14)11(12,13)8-6-4-3-5-7-8/h8H,3-7H2,1-2H3/p+1. The molecule has 1 saturated carbocycles. The lowest BCUT2D eigenvalue weighted by atomic mass is 9.80. The Morgan fingerprint density at radius 3 is 2.22 bits per heavy atom. The van der Waals surface area contributed by atoms with E-state index in [0.29, 0.717) is 25.7 Å². The van der Waals surface area contributed by atoms with E-state index in [1.54, 1.807) is 0 Å². The van der Waals surface area contributed by atoms with E-state index in [9.17, 15) is 18.1 Å². The predicted molar refractivity (Wildman–Crippen MR) is 61.5 cm³/mol. The van der Waals surface area contributed by atoms with Crippen molar-refractivity contribution in [2.24, 2.45) is 5.92 Å². The molecule has 0 aromatic rings. The van der Waals surface area contributed by atoms with Gasteiger partial charge in [0.05, 0.1) is 0 Å². The number of ketones is 1. The summed E-state index contributed by atoms with van der Waals surface area (Å²) in [4.78, 5) is 20.4.